The number of hydrogen-bond donors (Lipinski definition) is 2. The van der Waals surface area contributed by atoms with Crippen LogP contribution in [0.25, 0.3) is 6.08 Å². The molecule has 0 aromatic carbocycles. The number of carboxylic acids is 1. The van der Waals surface area contributed by atoms with Crippen molar-refractivity contribution in [3.05, 3.63) is 30.2 Å². The Hall–Kier alpha value is -2.04. The van der Waals surface area contributed by atoms with Crippen LogP contribution in [-0.4, -0.2) is 23.5 Å². The third kappa shape index (κ3) is 4.45. The molecule has 0 bridgehead atoms. The number of amides is 1. The van der Waals surface area contributed by atoms with Gasteiger partial charge in [0.1, 0.15) is 5.76 Å². The summed E-state index contributed by atoms with van der Waals surface area (Å²) in [6.45, 7) is 3.74. The Labute approximate surface area is 105 Å². The summed E-state index contributed by atoms with van der Waals surface area (Å²) in [6.07, 6.45) is 4.36. The van der Waals surface area contributed by atoms with Gasteiger partial charge in [-0.1, -0.05) is 13.8 Å². The molecule has 1 heterocycles. The van der Waals surface area contributed by atoms with Crippen molar-refractivity contribution in [2.24, 2.45) is 11.8 Å². The quantitative estimate of drug-likeness (QED) is 0.755. The second-order valence-electron chi connectivity index (χ2n) is 4.28. The number of carbonyl (C=O) groups excluding carboxylic acids is 1. The van der Waals surface area contributed by atoms with Gasteiger partial charge >= 0.3 is 5.97 Å². The molecule has 0 fully saturated rings. The summed E-state index contributed by atoms with van der Waals surface area (Å²) >= 11 is 0. The Kier molecular flexibility index (Phi) is 5.17. The average Bonchev–Trinajstić information content (AvgIpc) is 2.78. The minimum atomic E-state index is -0.902. The summed E-state index contributed by atoms with van der Waals surface area (Å²) < 4.78 is 5.03. The van der Waals surface area contributed by atoms with E-state index in [1.807, 2.05) is 13.8 Å². The highest BCUT2D eigenvalue weighted by Crippen LogP contribution is 2.09. The van der Waals surface area contributed by atoms with Crippen LogP contribution < -0.4 is 5.32 Å². The highest BCUT2D eigenvalue weighted by Gasteiger charge is 2.21. The molecular weight excluding hydrogens is 234 g/mol. The van der Waals surface area contributed by atoms with Crippen LogP contribution in [0, 0.1) is 11.8 Å². The molecule has 0 radical (unpaired) electrons. The predicted octanol–water partition coefficient (Wildman–Crippen LogP) is 1.77. The summed E-state index contributed by atoms with van der Waals surface area (Å²) in [4.78, 5) is 22.4. The topological polar surface area (TPSA) is 79.5 Å². The van der Waals surface area contributed by atoms with Crippen molar-refractivity contribution in [1.82, 2.24) is 5.32 Å². The second kappa shape index (κ2) is 6.64. The molecule has 5 heteroatoms. The van der Waals surface area contributed by atoms with E-state index in [-0.39, 0.29) is 18.4 Å². The number of carbonyl (C=O) groups is 2. The third-order valence-electron chi connectivity index (χ3n) is 2.56. The van der Waals surface area contributed by atoms with Gasteiger partial charge < -0.3 is 14.8 Å². The summed E-state index contributed by atoms with van der Waals surface area (Å²) in [5.74, 6) is -1.27. The van der Waals surface area contributed by atoms with E-state index in [2.05, 4.69) is 5.32 Å². The Morgan fingerprint density at radius 3 is 2.72 bits per heavy atom. The van der Waals surface area contributed by atoms with Gasteiger partial charge in [-0.25, -0.2) is 0 Å². The fourth-order valence-corrected chi connectivity index (χ4v) is 1.42. The van der Waals surface area contributed by atoms with Crippen LogP contribution in [0.5, 0.6) is 0 Å². The first-order valence-electron chi connectivity index (χ1n) is 5.73. The first-order valence-corrected chi connectivity index (χ1v) is 5.73. The van der Waals surface area contributed by atoms with Crippen LogP contribution in [0.2, 0.25) is 0 Å². The molecule has 0 saturated heterocycles. The number of nitrogens with one attached hydrogen (secondary N) is 1. The Morgan fingerprint density at radius 1 is 1.50 bits per heavy atom. The SMILES string of the molecule is CC(C)C(CNC(=O)C=Cc1ccco1)C(=O)O. The van der Waals surface area contributed by atoms with Crippen molar-refractivity contribution in [1.29, 1.82) is 0 Å². The van der Waals surface area contributed by atoms with Crippen LogP contribution in [0.1, 0.15) is 19.6 Å². The van der Waals surface area contributed by atoms with E-state index >= 15 is 0 Å². The van der Waals surface area contributed by atoms with E-state index in [0.29, 0.717) is 5.76 Å². The van der Waals surface area contributed by atoms with E-state index in [1.165, 1.54) is 18.4 Å². The highest BCUT2D eigenvalue weighted by molar-refractivity contribution is 5.91. The average molecular weight is 251 g/mol. The van der Waals surface area contributed by atoms with E-state index in [9.17, 15) is 9.59 Å². The molecule has 0 aliphatic rings. The van der Waals surface area contributed by atoms with Crippen LogP contribution in [0.15, 0.2) is 28.9 Å². The maximum Gasteiger partial charge on any atom is 0.308 e. The number of rotatable bonds is 6. The minimum absolute atomic E-state index is 0.0307. The lowest BCUT2D eigenvalue weighted by atomic mass is 9.96. The number of aliphatic carboxylic acids is 1. The van der Waals surface area contributed by atoms with Crippen molar-refractivity contribution < 1.29 is 19.1 Å². The van der Waals surface area contributed by atoms with Gasteiger partial charge in [0.05, 0.1) is 12.2 Å². The molecule has 0 aliphatic carbocycles. The lowest BCUT2D eigenvalue weighted by molar-refractivity contribution is -0.143. The number of furan rings is 1. The summed E-state index contributed by atoms with van der Waals surface area (Å²) in [5, 5.41) is 11.5. The van der Waals surface area contributed by atoms with Gasteiger partial charge in [0.2, 0.25) is 5.91 Å². The Bertz CT molecular complexity index is 420. The molecule has 1 atom stereocenters. The Balaban J connectivity index is 2.43. The zero-order valence-electron chi connectivity index (χ0n) is 10.4. The van der Waals surface area contributed by atoms with E-state index in [1.54, 1.807) is 12.1 Å². The number of carboxylic acid groups (broad SMARTS) is 1. The van der Waals surface area contributed by atoms with Gasteiger partial charge in [-0.2, -0.15) is 0 Å². The van der Waals surface area contributed by atoms with E-state index in [4.69, 9.17) is 9.52 Å². The van der Waals surface area contributed by atoms with Gasteiger partial charge in [-0.05, 0) is 24.1 Å². The van der Waals surface area contributed by atoms with E-state index in [0.717, 1.165) is 0 Å². The van der Waals surface area contributed by atoms with Gasteiger partial charge in [0.15, 0.2) is 0 Å². The molecular formula is C13H17NO4. The molecule has 18 heavy (non-hydrogen) atoms. The van der Waals surface area contributed by atoms with Gasteiger partial charge in [0, 0.05) is 12.6 Å². The molecule has 1 unspecified atom stereocenters. The largest absolute Gasteiger partial charge is 0.481 e. The lowest BCUT2D eigenvalue weighted by Crippen LogP contribution is -2.34. The zero-order chi connectivity index (χ0) is 13.5. The third-order valence-corrected chi connectivity index (χ3v) is 2.56. The molecule has 1 rings (SSSR count). The van der Waals surface area contributed by atoms with Crippen LogP contribution >= 0.6 is 0 Å². The van der Waals surface area contributed by atoms with Crippen molar-refractivity contribution in [3.8, 4) is 0 Å². The fourth-order valence-electron chi connectivity index (χ4n) is 1.42. The molecule has 1 aromatic rings. The smallest absolute Gasteiger partial charge is 0.308 e. The molecule has 0 saturated carbocycles. The van der Waals surface area contributed by atoms with Crippen LogP contribution in [-0.2, 0) is 9.59 Å². The summed E-state index contributed by atoms with van der Waals surface area (Å²) in [6, 6.07) is 3.44. The van der Waals surface area contributed by atoms with Crippen molar-refractivity contribution in [2.45, 2.75) is 13.8 Å². The van der Waals surface area contributed by atoms with Crippen molar-refractivity contribution in [3.63, 3.8) is 0 Å². The molecule has 0 spiro atoms. The van der Waals surface area contributed by atoms with Gasteiger partial charge in [-0.15, -0.1) is 0 Å². The molecule has 5 nitrogen and oxygen atoms in total. The molecule has 1 aromatic heterocycles. The summed E-state index contributed by atoms with van der Waals surface area (Å²) in [5.41, 5.74) is 0. The monoisotopic (exact) mass is 251 g/mol. The first kappa shape index (κ1) is 14.0. The van der Waals surface area contributed by atoms with Crippen molar-refractivity contribution >= 4 is 18.0 Å². The van der Waals surface area contributed by atoms with Crippen LogP contribution in [0.4, 0.5) is 0 Å². The first-order chi connectivity index (χ1) is 8.50. The molecule has 0 aliphatic heterocycles. The molecule has 98 valence electrons. The standard InChI is InChI=1S/C13H17NO4/c1-9(2)11(13(16)17)8-14-12(15)6-5-10-4-3-7-18-10/h3-7,9,11H,8H2,1-2H3,(H,14,15)(H,16,17). The number of hydrogen-bond acceptors (Lipinski definition) is 3. The summed E-state index contributed by atoms with van der Waals surface area (Å²) in [7, 11) is 0. The zero-order valence-corrected chi connectivity index (χ0v) is 10.4. The fraction of sp³-hybridized carbons (Fsp3) is 0.385. The van der Waals surface area contributed by atoms with E-state index < -0.39 is 11.9 Å². The normalized spacial score (nSPS) is 12.8. The van der Waals surface area contributed by atoms with Crippen molar-refractivity contribution in [2.75, 3.05) is 6.54 Å². The minimum Gasteiger partial charge on any atom is -0.481 e. The van der Waals surface area contributed by atoms with Crippen LogP contribution in [0.3, 0.4) is 0 Å². The molecule has 1 amide bonds. The lowest BCUT2D eigenvalue weighted by Gasteiger charge is -2.15. The highest BCUT2D eigenvalue weighted by atomic mass is 16.4. The second-order valence-corrected chi connectivity index (χ2v) is 4.28. The molecule has 2 N–H and O–H groups in total. The maximum absolute atomic E-state index is 11.5. The van der Waals surface area contributed by atoms with Gasteiger partial charge in [0.25, 0.3) is 0 Å². The predicted molar refractivity (Wildman–Crippen MR) is 66.7 cm³/mol. The Morgan fingerprint density at radius 2 is 2.22 bits per heavy atom. The maximum atomic E-state index is 11.5. The van der Waals surface area contributed by atoms with Gasteiger partial charge in [-0.3, -0.25) is 9.59 Å².